The summed E-state index contributed by atoms with van der Waals surface area (Å²) in [6.07, 6.45) is 0. The van der Waals surface area contributed by atoms with Crippen molar-refractivity contribution in [2.24, 2.45) is 0 Å². The van der Waals surface area contributed by atoms with E-state index in [9.17, 15) is 20.0 Å². The van der Waals surface area contributed by atoms with E-state index in [-0.39, 0.29) is 33.7 Å². The molecule has 1 heterocycles. The van der Waals surface area contributed by atoms with Crippen molar-refractivity contribution >= 4 is 45.5 Å². The van der Waals surface area contributed by atoms with Crippen LogP contribution in [0.4, 0.5) is 10.7 Å². The number of nitrogens with one attached hydrogen (secondary N) is 1. The molecule has 0 atom stereocenters. The van der Waals surface area contributed by atoms with Gasteiger partial charge in [-0.3, -0.25) is 15.2 Å². The Labute approximate surface area is 182 Å². The van der Waals surface area contributed by atoms with Crippen molar-refractivity contribution in [3.63, 3.8) is 0 Å². The molecule has 0 fully saturated rings. The van der Waals surface area contributed by atoms with Gasteiger partial charge in [0.15, 0.2) is 0 Å². The summed E-state index contributed by atoms with van der Waals surface area (Å²) in [6.45, 7) is 3.75. The number of hydrogen-bond acceptors (Lipinski definition) is 7. The molecular formula is C21H19ClN2O5S. The second-order valence-corrected chi connectivity index (χ2v) is 7.86. The van der Waals surface area contributed by atoms with Gasteiger partial charge in [0, 0.05) is 10.4 Å². The van der Waals surface area contributed by atoms with Gasteiger partial charge in [-0.15, -0.1) is 16.6 Å². The third kappa shape index (κ3) is 4.47. The molecule has 2 aromatic carbocycles. The highest BCUT2D eigenvalue weighted by Crippen LogP contribution is 2.40. The van der Waals surface area contributed by atoms with Crippen LogP contribution in [0.5, 0.6) is 0 Å². The Balaban J connectivity index is 2.05. The van der Waals surface area contributed by atoms with Crippen molar-refractivity contribution in [1.82, 2.24) is 0 Å². The Morgan fingerprint density at radius 2 is 1.87 bits per heavy atom. The molecule has 7 nitrogen and oxygen atoms in total. The molecule has 156 valence electrons. The van der Waals surface area contributed by atoms with E-state index in [1.807, 2.05) is 37.3 Å². The minimum atomic E-state index is -0.602. The third-order valence-electron chi connectivity index (χ3n) is 4.28. The molecule has 0 saturated heterocycles. The van der Waals surface area contributed by atoms with Crippen molar-refractivity contribution < 1.29 is 24.7 Å². The average molecular weight is 447 g/mol. The van der Waals surface area contributed by atoms with E-state index in [1.165, 1.54) is 29.5 Å². The lowest BCUT2D eigenvalue weighted by molar-refractivity contribution is 0.0291. The summed E-state index contributed by atoms with van der Waals surface area (Å²) in [7, 11) is 0. The maximum Gasteiger partial charge on any atom is 0.341 e. The van der Waals surface area contributed by atoms with Gasteiger partial charge in [0.1, 0.15) is 10.6 Å². The van der Waals surface area contributed by atoms with Crippen LogP contribution in [0.1, 0.15) is 32.5 Å². The van der Waals surface area contributed by atoms with Crippen LogP contribution in [0.2, 0.25) is 5.02 Å². The molecule has 0 bridgehead atoms. The smallest absolute Gasteiger partial charge is 0.341 e. The zero-order valence-electron chi connectivity index (χ0n) is 16.2. The Kier molecular flexibility index (Phi) is 6.73. The number of halogens is 1. The topological polar surface area (TPSA) is 99.1 Å². The lowest BCUT2D eigenvalue weighted by Gasteiger charge is -2.12. The molecule has 0 unspecified atom stereocenters. The van der Waals surface area contributed by atoms with Gasteiger partial charge >= 0.3 is 5.97 Å². The van der Waals surface area contributed by atoms with Gasteiger partial charge in [-0.2, -0.15) is 0 Å². The van der Waals surface area contributed by atoms with Gasteiger partial charge < -0.3 is 10.1 Å². The standard InChI is InChI=1S/C21H19ClN2O5S/c1-3-29-21(26)18-17(13-7-5-4-6-8-13)12(2)30-20(18)23-19(25)15-11-14(24(27)28)9-10-16(15)22/h4-11,27-28H,3H2,1-2H3,(H,23,25). The quantitative estimate of drug-likeness (QED) is 0.347. The van der Waals surface area contributed by atoms with Crippen LogP contribution in [0, 0.1) is 6.92 Å². The summed E-state index contributed by atoms with van der Waals surface area (Å²) in [5.74, 6) is -1.15. The van der Waals surface area contributed by atoms with Gasteiger partial charge in [0.25, 0.3) is 5.91 Å². The van der Waals surface area contributed by atoms with Crippen LogP contribution in [-0.2, 0) is 4.74 Å². The maximum atomic E-state index is 12.9. The minimum Gasteiger partial charge on any atom is -0.462 e. The number of nitrogens with zero attached hydrogens (tertiary/aromatic N) is 1. The fourth-order valence-corrected chi connectivity index (χ4v) is 4.23. The van der Waals surface area contributed by atoms with Crippen LogP contribution in [0.25, 0.3) is 11.1 Å². The van der Waals surface area contributed by atoms with E-state index in [0.717, 1.165) is 10.4 Å². The SMILES string of the molecule is CCOC(=O)c1c(NC(=O)c2cc(N(O)O)ccc2Cl)sc(C)c1-c1ccccc1. The van der Waals surface area contributed by atoms with E-state index in [0.29, 0.717) is 10.6 Å². The Bertz CT molecular complexity index is 1080. The van der Waals surface area contributed by atoms with E-state index >= 15 is 0 Å². The molecule has 0 aliphatic heterocycles. The zero-order chi connectivity index (χ0) is 21.8. The summed E-state index contributed by atoms with van der Waals surface area (Å²) in [5, 5.41) is 21.5. The molecular weight excluding hydrogens is 428 g/mol. The van der Waals surface area contributed by atoms with Gasteiger partial charge in [-0.1, -0.05) is 41.9 Å². The second kappa shape index (κ2) is 9.27. The fourth-order valence-electron chi connectivity index (χ4n) is 2.97. The van der Waals surface area contributed by atoms with Gasteiger partial charge in [0.2, 0.25) is 0 Å². The Morgan fingerprint density at radius 3 is 2.50 bits per heavy atom. The van der Waals surface area contributed by atoms with Crippen molar-refractivity contribution in [3.05, 3.63) is 69.6 Å². The van der Waals surface area contributed by atoms with Crippen LogP contribution >= 0.6 is 22.9 Å². The first-order valence-electron chi connectivity index (χ1n) is 8.98. The minimum absolute atomic E-state index is 0.0180. The van der Waals surface area contributed by atoms with Crippen LogP contribution < -0.4 is 10.5 Å². The number of ether oxygens (including phenoxy) is 1. The molecule has 3 N–H and O–H groups in total. The molecule has 1 amide bonds. The summed E-state index contributed by atoms with van der Waals surface area (Å²) < 4.78 is 5.22. The van der Waals surface area contributed by atoms with Crippen LogP contribution in [0.15, 0.2) is 48.5 Å². The largest absolute Gasteiger partial charge is 0.462 e. The number of anilines is 2. The number of carbonyl (C=O) groups is 2. The zero-order valence-corrected chi connectivity index (χ0v) is 17.8. The van der Waals surface area contributed by atoms with E-state index in [1.54, 1.807) is 6.92 Å². The predicted molar refractivity (Wildman–Crippen MR) is 116 cm³/mol. The highest BCUT2D eigenvalue weighted by Gasteiger charge is 2.26. The summed E-state index contributed by atoms with van der Waals surface area (Å²) in [5.41, 5.74) is 1.75. The number of esters is 1. The number of thiophene rings is 1. The van der Waals surface area contributed by atoms with E-state index in [2.05, 4.69) is 5.32 Å². The number of rotatable bonds is 6. The summed E-state index contributed by atoms with van der Waals surface area (Å²) in [6, 6.07) is 13.3. The second-order valence-electron chi connectivity index (χ2n) is 6.23. The van der Waals surface area contributed by atoms with E-state index < -0.39 is 11.9 Å². The van der Waals surface area contributed by atoms with Crippen molar-refractivity contribution in [2.45, 2.75) is 13.8 Å². The van der Waals surface area contributed by atoms with Crippen LogP contribution in [0.3, 0.4) is 0 Å². The van der Waals surface area contributed by atoms with Crippen molar-refractivity contribution in [2.75, 3.05) is 17.2 Å². The molecule has 1 aromatic heterocycles. The predicted octanol–water partition coefficient (Wildman–Crippen LogP) is 5.39. The number of benzene rings is 2. The molecule has 0 saturated carbocycles. The third-order valence-corrected chi connectivity index (χ3v) is 5.63. The first-order valence-corrected chi connectivity index (χ1v) is 10.2. The molecule has 9 heteroatoms. The summed E-state index contributed by atoms with van der Waals surface area (Å²) in [4.78, 5) is 26.4. The molecule has 0 spiro atoms. The molecule has 3 rings (SSSR count). The Hall–Kier alpha value is -2.91. The molecule has 0 aliphatic carbocycles. The number of carbonyl (C=O) groups excluding carboxylic acids is 2. The van der Waals surface area contributed by atoms with E-state index in [4.69, 9.17) is 16.3 Å². The number of amides is 1. The average Bonchev–Trinajstić information content (AvgIpc) is 3.04. The first-order chi connectivity index (χ1) is 14.3. The highest BCUT2D eigenvalue weighted by molar-refractivity contribution is 7.17. The van der Waals surface area contributed by atoms with Gasteiger partial charge in [0.05, 0.1) is 22.9 Å². The molecule has 0 radical (unpaired) electrons. The highest BCUT2D eigenvalue weighted by atomic mass is 35.5. The lowest BCUT2D eigenvalue weighted by Crippen LogP contribution is -2.17. The molecule has 30 heavy (non-hydrogen) atoms. The normalized spacial score (nSPS) is 10.6. The number of hydrogen-bond donors (Lipinski definition) is 3. The fraction of sp³-hybridized carbons (Fsp3) is 0.143. The molecule has 3 aromatic rings. The van der Waals surface area contributed by atoms with Crippen LogP contribution in [-0.4, -0.2) is 28.9 Å². The van der Waals surface area contributed by atoms with Crippen molar-refractivity contribution in [1.29, 1.82) is 0 Å². The van der Waals surface area contributed by atoms with Gasteiger partial charge in [-0.25, -0.2) is 4.79 Å². The monoisotopic (exact) mass is 446 g/mol. The van der Waals surface area contributed by atoms with Gasteiger partial charge in [-0.05, 0) is 37.6 Å². The lowest BCUT2D eigenvalue weighted by atomic mass is 10.0. The number of aryl methyl sites for hydroxylation is 1. The maximum absolute atomic E-state index is 12.9. The first kappa shape index (κ1) is 21.8. The Morgan fingerprint density at radius 1 is 1.17 bits per heavy atom. The van der Waals surface area contributed by atoms with Crippen molar-refractivity contribution in [3.8, 4) is 11.1 Å². The summed E-state index contributed by atoms with van der Waals surface area (Å²) >= 11 is 7.36. The molecule has 0 aliphatic rings.